The fourth-order valence-corrected chi connectivity index (χ4v) is 5.00. The molecule has 0 amide bonds. The highest BCUT2D eigenvalue weighted by molar-refractivity contribution is 5.48. The number of aromatic hydroxyl groups is 1. The lowest BCUT2D eigenvalue weighted by atomic mass is 9.61. The van der Waals surface area contributed by atoms with E-state index in [0.29, 0.717) is 5.75 Å². The van der Waals surface area contributed by atoms with Crippen molar-refractivity contribution in [2.75, 3.05) is 0 Å². The van der Waals surface area contributed by atoms with Gasteiger partial charge in [-0.15, -0.1) is 0 Å². The Morgan fingerprint density at radius 1 is 0.826 bits per heavy atom. The minimum atomic E-state index is 0.152. The van der Waals surface area contributed by atoms with Crippen molar-refractivity contribution in [3.63, 3.8) is 0 Å². The number of hydrogen-bond donors (Lipinski definition) is 1. The molecule has 2 saturated carbocycles. The second-order valence-electron chi connectivity index (χ2n) is 9.19. The largest absolute Gasteiger partial charge is 0.508 e. The van der Waals surface area contributed by atoms with Crippen molar-refractivity contribution in [2.24, 2.45) is 11.8 Å². The Kier molecular flexibility index (Phi) is 4.51. The first-order chi connectivity index (χ1) is 10.8. The normalized spacial score (nSPS) is 38.4. The van der Waals surface area contributed by atoms with Gasteiger partial charge in [-0.1, -0.05) is 39.8 Å². The number of rotatable bonds is 2. The van der Waals surface area contributed by atoms with Crippen molar-refractivity contribution in [3.8, 4) is 5.75 Å². The summed E-state index contributed by atoms with van der Waals surface area (Å²) in [6.45, 7) is 9.58. The zero-order valence-corrected chi connectivity index (χ0v) is 15.5. The summed E-state index contributed by atoms with van der Waals surface area (Å²) < 4.78 is 0. The van der Waals surface area contributed by atoms with E-state index >= 15 is 0 Å². The molecule has 0 aliphatic heterocycles. The first-order valence-corrected chi connectivity index (χ1v) is 9.67. The van der Waals surface area contributed by atoms with Crippen LogP contribution in [0.1, 0.15) is 90.2 Å². The van der Waals surface area contributed by atoms with Gasteiger partial charge >= 0.3 is 0 Å². The Morgan fingerprint density at radius 2 is 1.30 bits per heavy atom. The molecule has 23 heavy (non-hydrogen) atoms. The zero-order chi connectivity index (χ0) is 16.7. The maximum Gasteiger partial charge on any atom is 0.119 e. The van der Waals surface area contributed by atoms with Crippen molar-refractivity contribution < 1.29 is 5.11 Å². The van der Waals surface area contributed by atoms with Crippen molar-refractivity contribution in [3.05, 3.63) is 29.3 Å². The molecule has 1 aromatic rings. The van der Waals surface area contributed by atoms with Crippen molar-refractivity contribution >= 4 is 0 Å². The standard InChI is InChI=1S/C22H34O/c1-16-8-12-21(3,13-9-16)18-6-5-7-19(23)20(18)22(4)14-10-17(2)11-15-22/h5-7,16-17,23H,8-15H2,1-4H3. The number of phenols is 1. The molecule has 0 spiro atoms. The summed E-state index contributed by atoms with van der Waals surface area (Å²) in [5.74, 6) is 2.23. The molecule has 2 aliphatic rings. The lowest BCUT2D eigenvalue weighted by molar-refractivity contribution is 0.233. The Labute approximate surface area is 142 Å². The van der Waals surface area contributed by atoms with Gasteiger partial charge in [-0.05, 0) is 85.7 Å². The maximum absolute atomic E-state index is 10.8. The molecule has 0 unspecified atom stereocenters. The molecule has 128 valence electrons. The molecule has 1 nitrogen and oxygen atoms in total. The zero-order valence-electron chi connectivity index (χ0n) is 15.5. The summed E-state index contributed by atoms with van der Waals surface area (Å²) in [5.41, 5.74) is 3.12. The van der Waals surface area contributed by atoms with Crippen LogP contribution in [0.15, 0.2) is 18.2 Å². The quantitative estimate of drug-likeness (QED) is 0.676. The van der Waals surface area contributed by atoms with E-state index < -0.39 is 0 Å². The van der Waals surface area contributed by atoms with Gasteiger partial charge in [-0.2, -0.15) is 0 Å². The van der Waals surface area contributed by atoms with E-state index in [1.807, 2.05) is 6.07 Å². The van der Waals surface area contributed by atoms with E-state index in [9.17, 15) is 5.11 Å². The second-order valence-corrected chi connectivity index (χ2v) is 9.19. The number of benzene rings is 1. The van der Waals surface area contributed by atoms with Crippen LogP contribution in [0.4, 0.5) is 0 Å². The molecular weight excluding hydrogens is 280 g/mol. The number of phenolic OH excluding ortho intramolecular Hbond substituents is 1. The minimum absolute atomic E-state index is 0.152. The van der Waals surface area contributed by atoms with Gasteiger partial charge in [-0.25, -0.2) is 0 Å². The molecule has 1 N–H and O–H groups in total. The highest BCUT2D eigenvalue weighted by Gasteiger charge is 2.40. The van der Waals surface area contributed by atoms with Gasteiger partial charge in [0.25, 0.3) is 0 Å². The van der Waals surface area contributed by atoms with Crippen LogP contribution in [0, 0.1) is 11.8 Å². The minimum Gasteiger partial charge on any atom is -0.508 e. The van der Waals surface area contributed by atoms with Crippen LogP contribution < -0.4 is 0 Å². The third-order valence-electron chi connectivity index (χ3n) is 7.05. The Hall–Kier alpha value is -0.980. The molecule has 2 aliphatic carbocycles. The fraction of sp³-hybridized carbons (Fsp3) is 0.727. The summed E-state index contributed by atoms with van der Waals surface area (Å²) in [4.78, 5) is 0. The molecule has 2 fully saturated rings. The smallest absolute Gasteiger partial charge is 0.119 e. The average Bonchev–Trinajstić information content (AvgIpc) is 2.53. The summed E-state index contributed by atoms with van der Waals surface area (Å²) >= 11 is 0. The van der Waals surface area contributed by atoms with Crippen molar-refractivity contribution in [2.45, 2.75) is 89.9 Å². The second kappa shape index (κ2) is 6.15. The van der Waals surface area contributed by atoms with Crippen LogP contribution in [0.25, 0.3) is 0 Å². The van der Waals surface area contributed by atoms with Crippen LogP contribution in [0.3, 0.4) is 0 Å². The maximum atomic E-state index is 10.8. The van der Waals surface area contributed by atoms with Gasteiger partial charge in [0, 0.05) is 5.56 Å². The summed E-state index contributed by atoms with van der Waals surface area (Å²) in [5, 5.41) is 10.8. The van der Waals surface area contributed by atoms with E-state index in [-0.39, 0.29) is 10.8 Å². The van der Waals surface area contributed by atoms with Crippen molar-refractivity contribution in [1.82, 2.24) is 0 Å². The van der Waals surface area contributed by atoms with Gasteiger partial charge in [-0.3, -0.25) is 0 Å². The number of hydrogen-bond acceptors (Lipinski definition) is 1. The van der Waals surface area contributed by atoms with Crippen LogP contribution in [-0.4, -0.2) is 5.11 Å². The summed E-state index contributed by atoms with van der Waals surface area (Å²) in [7, 11) is 0. The van der Waals surface area contributed by atoms with Gasteiger partial charge in [0.1, 0.15) is 5.75 Å². The molecule has 0 atom stereocenters. The SMILES string of the molecule is CC1CCC(C)(c2cccc(O)c2C2(C)CCC(C)CC2)CC1. The average molecular weight is 315 g/mol. The molecule has 0 heterocycles. The predicted molar refractivity (Wildman–Crippen MR) is 98.1 cm³/mol. The van der Waals surface area contributed by atoms with Crippen LogP contribution in [0.5, 0.6) is 5.75 Å². The summed E-state index contributed by atoms with van der Waals surface area (Å²) in [6.07, 6.45) is 10.2. The third-order valence-corrected chi connectivity index (χ3v) is 7.05. The van der Waals surface area contributed by atoms with Crippen LogP contribution >= 0.6 is 0 Å². The van der Waals surface area contributed by atoms with E-state index in [1.165, 1.54) is 62.5 Å². The van der Waals surface area contributed by atoms with E-state index in [4.69, 9.17) is 0 Å². The van der Waals surface area contributed by atoms with Gasteiger partial charge in [0.15, 0.2) is 0 Å². The van der Waals surface area contributed by atoms with Gasteiger partial charge in [0.05, 0.1) is 0 Å². The van der Waals surface area contributed by atoms with Crippen LogP contribution in [0.2, 0.25) is 0 Å². The van der Waals surface area contributed by atoms with Gasteiger partial charge in [0.2, 0.25) is 0 Å². The Morgan fingerprint density at radius 3 is 1.83 bits per heavy atom. The molecular formula is C22H34O. The third kappa shape index (κ3) is 3.16. The molecule has 3 rings (SSSR count). The fourth-order valence-electron chi connectivity index (χ4n) is 5.00. The Bertz CT molecular complexity index is 543. The van der Waals surface area contributed by atoms with E-state index in [1.54, 1.807) is 0 Å². The highest BCUT2D eigenvalue weighted by atomic mass is 16.3. The highest BCUT2D eigenvalue weighted by Crippen LogP contribution is 2.51. The topological polar surface area (TPSA) is 20.2 Å². The first-order valence-electron chi connectivity index (χ1n) is 9.67. The first kappa shape index (κ1) is 16.9. The Balaban J connectivity index is 2.01. The monoisotopic (exact) mass is 314 g/mol. The molecule has 1 aromatic carbocycles. The van der Waals surface area contributed by atoms with Crippen LogP contribution in [-0.2, 0) is 10.8 Å². The van der Waals surface area contributed by atoms with E-state index in [2.05, 4.69) is 39.8 Å². The van der Waals surface area contributed by atoms with Gasteiger partial charge < -0.3 is 5.11 Å². The van der Waals surface area contributed by atoms with E-state index in [0.717, 1.165) is 11.8 Å². The predicted octanol–water partition coefficient (Wildman–Crippen LogP) is 6.33. The molecule has 0 bridgehead atoms. The molecule has 0 radical (unpaired) electrons. The molecule has 0 aromatic heterocycles. The lowest BCUT2D eigenvalue weighted by Gasteiger charge is -2.44. The molecule has 0 saturated heterocycles. The lowest BCUT2D eigenvalue weighted by Crippen LogP contribution is -2.35. The summed E-state index contributed by atoms with van der Waals surface area (Å²) in [6, 6.07) is 6.29. The molecule has 1 heteroatoms. The van der Waals surface area contributed by atoms with Crippen molar-refractivity contribution in [1.29, 1.82) is 0 Å².